The van der Waals surface area contributed by atoms with Crippen LogP contribution in [0.25, 0.3) is 0 Å². The minimum absolute atomic E-state index is 0.271. The van der Waals surface area contributed by atoms with Gasteiger partial charge in [0.2, 0.25) is 0 Å². The van der Waals surface area contributed by atoms with Crippen LogP contribution in [0.5, 0.6) is 0 Å². The highest BCUT2D eigenvalue weighted by Gasteiger charge is 2.12. The molecule has 5 heteroatoms. The minimum atomic E-state index is -0.941. The average molecular weight is 246 g/mol. The number of hydrogen-bond donors (Lipinski definition) is 1. The van der Waals surface area contributed by atoms with Crippen LogP contribution in [0.4, 0.5) is 0 Å². The molecule has 0 atom stereocenters. The van der Waals surface area contributed by atoms with Crippen LogP contribution in [0.2, 0.25) is 0 Å². The van der Waals surface area contributed by atoms with E-state index in [9.17, 15) is 4.79 Å². The molecule has 17 heavy (non-hydrogen) atoms. The van der Waals surface area contributed by atoms with E-state index in [4.69, 9.17) is 5.11 Å². The third kappa shape index (κ3) is 2.82. The molecule has 0 saturated heterocycles. The Morgan fingerprint density at radius 1 is 1.29 bits per heavy atom. The zero-order valence-corrected chi connectivity index (χ0v) is 9.94. The van der Waals surface area contributed by atoms with Crippen molar-refractivity contribution < 1.29 is 9.90 Å². The Morgan fingerprint density at radius 2 is 2.00 bits per heavy atom. The lowest BCUT2D eigenvalue weighted by Gasteiger charge is -2.05. The first-order valence-corrected chi connectivity index (χ1v) is 5.77. The Labute approximate surface area is 103 Å². The lowest BCUT2D eigenvalue weighted by molar-refractivity contribution is 0.0693. The number of aromatic nitrogens is 2. The van der Waals surface area contributed by atoms with Gasteiger partial charge in [0.15, 0.2) is 5.16 Å². The van der Waals surface area contributed by atoms with Crippen molar-refractivity contribution in [3.63, 3.8) is 0 Å². The molecule has 0 aliphatic rings. The average Bonchev–Trinajstić information content (AvgIpc) is 2.30. The minimum Gasteiger partial charge on any atom is -0.478 e. The van der Waals surface area contributed by atoms with Crippen molar-refractivity contribution in [2.45, 2.75) is 17.0 Å². The molecule has 4 nitrogen and oxygen atoms in total. The summed E-state index contributed by atoms with van der Waals surface area (Å²) in [6, 6.07) is 6.92. The summed E-state index contributed by atoms with van der Waals surface area (Å²) in [5.74, 6) is -0.941. The molecule has 0 unspecified atom stereocenters. The van der Waals surface area contributed by atoms with Crippen LogP contribution in [0.3, 0.4) is 0 Å². The Bertz CT molecular complexity index is 543. The molecule has 0 aliphatic heterocycles. The number of carboxylic acid groups (broad SMARTS) is 1. The van der Waals surface area contributed by atoms with Gasteiger partial charge in [0.25, 0.3) is 0 Å². The highest BCUT2D eigenvalue weighted by Crippen LogP contribution is 2.28. The fraction of sp³-hybridized carbons (Fsp3) is 0.0833. The van der Waals surface area contributed by atoms with Gasteiger partial charge in [-0.05, 0) is 42.4 Å². The van der Waals surface area contributed by atoms with Gasteiger partial charge < -0.3 is 5.11 Å². The smallest absolute Gasteiger partial charge is 0.336 e. The Kier molecular flexibility index (Phi) is 3.39. The second-order valence-electron chi connectivity index (χ2n) is 3.44. The monoisotopic (exact) mass is 246 g/mol. The maximum atomic E-state index is 11.1. The van der Waals surface area contributed by atoms with Gasteiger partial charge in [0.1, 0.15) is 0 Å². The van der Waals surface area contributed by atoms with Gasteiger partial charge >= 0.3 is 5.97 Å². The summed E-state index contributed by atoms with van der Waals surface area (Å²) in [4.78, 5) is 19.9. The maximum Gasteiger partial charge on any atom is 0.336 e. The first kappa shape index (κ1) is 11.6. The fourth-order valence-corrected chi connectivity index (χ4v) is 2.26. The molecule has 2 aromatic rings. The first-order chi connectivity index (χ1) is 8.16. The summed E-state index contributed by atoms with van der Waals surface area (Å²) in [5.41, 5.74) is 1.28. The molecule has 0 saturated carbocycles. The molecule has 0 fully saturated rings. The standard InChI is InChI=1S/C12H10N2O2S/c1-8-3-4-9(11(15)16)10(7-8)17-12-13-5-2-6-14-12/h2-7H,1H3,(H,15,16). The molecule has 0 radical (unpaired) electrons. The molecular formula is C12H10N2O2S. The molecule has 1 heterocycles. The summed E-state index contributed by atoms with van der Waals surface area (Å²) in [5, 5.41) is 9.62. The maximum absolute atomic E-state index is 11.1. The van der Waals surface area contributed by atoms with E-state index in [0.717, 1.165) is 5.56 Å². The van der Waals surface area contributed by atoms with Crippen molar-refractivity contribution in [1.82, 2.24) is 9.97 Å². The van der Waals surface area contributed by atoms with Gasteiger partial charge in [-0.1, -0.05) is 6.07 Å². The van der Waals surface area contributed by atoms with Crippen LogP contribution in [0, 0.1) is 6.92 Å². The normalized spacial score (nSPS) is 10.2. The van der Waals surface area contributed by atoms with E-state index in [0.29, 0.717) is 10.1 Å². The van der Waals surface area contributed by atoms with E-state index in [1.54, 1.807) is 30.6 Å². The number of hydrogen-bond acceptors (Lipinski definition) is 4. The Balaban J connectivity index is 2.37. The number of aromatic carboxylic acids is 1. The third-order valence-electron chi connectivity index (χ3n) is 2.11. The van der Waals surface area contributed by atoms with Crippen LogP contribution in [-0.4, -0.2) is 21.0 Å². The molecule has 0 aliphatic carbocycles. The lowest BCUT2D eigenvalue weighted by atomic mass is 10.1. The zero-order chi connectivity index (χ0) is 12.3. The van der Waals surface area contributed by atoms with Crippen LogP contribution in [0.15, 0.2) is 46.7 Å². The molecule has 0 bridgehead atoms. The molecule has 0 amide bonds. The van der Waals surface area contributed by atoms with Crippen LogP contribution < -0.4 is 0 Å². The van der Waals surface area contributed by atoms with Crippen molar-refractivity contribution in [3.05, 3.63) is 47.8 Å². The predicted octanol–water partition coefficient (Wildman–Crippen LogP) is 2.63. The fourth-order valence-electron chi connectivity index (χ4n) is 1.33. The number of rotatable bonds is 3. The summed E-state index contributed by atoms with van der Waals surface area (Å²) in [6.07, 6.45) is 3.26. The van der Waals surface area contributed by atoms with E-state index < -0.39 is 5.97 Å². The van der Waals surface area contributed by atoms with Crippen molar-refractivity contribution in [2.24, 2.45) is 0 Å². The molecule has 0 spiro atoms. The van der Waals surface area contributed by atoms with Gasteiger partial charge in [-0.25, -0.2) is 14.8 Å². The third-order valence-corrected chi connectivity index (χ3v) is 3.06. The topological polar surface area (TPSA) is 63.1 Å². The lowest BCUT2D eigenvalue weighted by Crippen LogP contribution is -1.99. The van der Waals surface area contributed by atoms with Gasteiger partial charge in [-0.3, -0.25) is 0 Å². The predicted molar refractivity (Wildman–Crippen MR) is 64.3 cm³/mol. The van der Waals surface area contributed by atoms with Crippen LogP contribution in [-0.2, 0) is 0 Å². The van der Waals surface area contributed by atoms with E-state index >= 15 is 0 Å². The second kappa shape index (κ2) is 4.97. The van der Waals surface area contributed by atoms with E-state index in [2.05, 4.69) is 9.97 Å². The molecule has 1 aromatic heterocycles. The highest BCUT2D eigenvalue weighted by atomic mass is 32.2. The largest absolute Gasteiger partial charge is 0.478 e. The van der Waals surface area contributed by atoms with Crippen molar-refractivity contribution in [2.75, 3.05) is 0 Å². The first-order valence-electron chi connectivity index (χ1n) is 4.95. The summed E-state index contributed by atoms with van der Waals surface area (Å²) in [7, 11) is 0. The molecule has 2 rings (SSSR count). The van der Waals surface area contributed by atoms with Crippen molar-refractivity contribution in [3.8, 4) is 0 Å². The van der Waals surface area contributed by atoms with Crippen LogP contribution >= 0.6 is 11.8 Å². The van der Waals surface area contributed by atoms with Gasteiger partial charge in [0.05, 0.1) is 5.56 Å². The number of aryl methyl sites for hydroxylation is 1. The Hall–Kier alpha value is -1.88. The van der Waals surface area contributed by atoms with E-state index in [1.807, 2.05) is 13.0 Å². The molecular weight excluding hydrogens is 236 g/mol. The van der Waals surface area contributed by atoms with Gasteiger partial charge in [0, 0.05) is 17.3 Å². The van der Waals surface area contributed by atoms with Crippen molar-refractivity contribution >= 4 is 17.7 Å². The van der Waals surface area contributed by atoms with E-state index in [1.165, 1.54) is 11.8 Å². The summed E-state index contributed by atoms with van der Waals surface area (Å²) >= 11 is 1.25. The Morgan fingerprint density at radius 3 is 2.65 bits per heavy atom. The zero-order valence-electron chi connectivity index (χ0n) is 9.12. The molecule has 1 aromatic carbocycles. The summed E-state index contributed by atoms with van der Waals surface area (Å²) < 4.78 is 0. The summed E-state index contributed by atoms with van der Waals surface area (Å²) in [6.45, 7) is 1.92. The van der Waals surface area contributed by atoms with Crippen molar-refractivity contribution in [1.29, 1.82) is 0 Å². The number of carboxylic acids is 1. The van der Waals surface area contributed by atoms with Crippen LogP contribution in [0.1, 0.15) is 15.9 Å². The second-order valence-corrected chi connectivity index (χ2v) is 4.45. The SMILES string of the molecule is Cc1ccc(C(=O)O)c(Sc2ncccn2)c1. The number of nitrogens with zero attached hydrogens (tertiary/aromatic N) is 2. The van der Waals surface area contributed by atoms with Gasteiger partial charge in [-0.2, -0.15) is 0 Å². The molecule has 1 N–H and O–H groups in total. The number of carbonyl (C=O) groups is 1. The van der Waals surface area contributed by atoms with E-state index in [-0.39, 0.29) is 5.56 Å². The van der Waals surface area contributed by atoms with Gasteiger partial charge in [-0.15, -0.1) is 0 Å². The highest BCUT2D eigenvalue weighted by molar-refractivity contribution is 7.99. The molecule has 86 valence electrons. The number of benzene rings is 1. The quantitative estimate of drug-likeness (QED) is 0.843.